The standard InChI is InChI=1S/C13H15F2NO2S/c1-13(2,3)19(17)16-10-4-5-18-11-7-8(14)6-9(15)12(10)11/h6-7H,4-5H2,1-3H3/t19-/m1/s1. The van der Waals surface area contributed by atoms with Gasteiger partial charge >= 0.3 is 0 Å². The van der Waals surface area contributed by atoms with E-state index in [0.717, 1.165) is 12.1 Å². The van der Waals surface area contributed by atoms with Crippen molar-refractivity contribution in [2.24, 2.45) is 4.40 Å². The fraction of sp³-hybridized carbons (Fsp3) is 0.462. The first-order valence-corrected chi connectivity index (χ1v) is 7.01. The van der Waals surface area contributed by atoms with Crippen molar-refractivity contribution in [2.75, 3.05) is 6.61 Å². The van der Waals surface area contributed by atoms with E-state index in [1.165, 1.54) is 0 Å². The third-order valence-corrected chi connectivity index (χ3v) is 4.05. The molecule has 1 aliphatic rings. The Morgan fingerprint density at radius 1 is 1.32 bits per heavy atom. The Labute approximate surface area is 113 Å². The lowest BCUT2D eigenvalue weighted by atomic mass is 10.0. The van der Waals surface area contributed by atoms with E-state index < -0.39 is 27.4 Å². The van der Waals surface area contributed by atoms with Crippen molar-refractivity contribution in [2.45, 2.75) is 31.9 Å². The van der Waals surface area contributed by atoms with E-state index in [0.29, 0.717) is 12.1 Å². The molecule has 1 aromatic rings. The molecule has 0 aromatic heterocycles. The molecule has 3 nitrogen and oxygen atoms in total. The first-order chi connectivity index (χ1) is 8.79. The van der Waals surface area contributed by atoms with Crippen LogP contribution in [0.1, 0.15) is 32.8 Å². The van der Waals surface area contributed by atoms with Gasteiger partial charge in [-0.15, -0.1) is 0 Å². The Kier molecular flexibility index (Phi) is 3.71. The van der Waals surface area contributed by atoms with Crippen molar-refractivity contribution in [1.82, 2.24) is 0 Å². The molecule has 0 saturated carbocycles. The second kappa shape index (κ2) is 5.00. The average molecular weight is 287 g/mol. The molecule has 6 heteroatoms. The number of rotatable bonds is 1. The summed E-state index contributed by atoms with van der Waals surface area (Å²) in [4.78, 5) is 0. The molecule has 0 spiro atoms. The number of hydrogen-bond acceptors (Lipinski definition) is 2. The summed E-state index contributed by atoms with van der Waals surface area (Å²) in [6.45, 7) is 5.63. The fourth-order valence-electron chi connectivity index (χ4n) is 1.65. The van der Waals surface area contributed by atoms with Crippen LogP contribution in [0.4, 0.5) is 8.78 Å². The van der Waals surface area contributed by atoms with Crippen molar-refractivity contribution < 1.29 is 17.7 Å². The second-order valence-corrected chi connectivity index (χ2v) is 7.16. The molecule has 19 heavy (non-hydrogen) atoms. The Bertz CT molecular complexity index is 564. The monoisotopic (exact) mass is 287 g/mol. The summed E-state index contributed by atoms with van der Waals surface area (Å²) in [6, 6.07) is 1.90. The molecule has 2 rings (SSSR count). The van der Waals surface area contributed by atoms with Crippen LogP contribution >= 0.6 is 0 Å². The summed E-state index contributed by atoms with van der Waals surface area (Å²) in [7, 11) is -1.48. The zero-order chi connectivity index (χ0) is 14.2. The van der Waals surface area contributed by atoms with Crippen LogP contribution in [-0.4, -0.2) is 21.3 Å². The molecule has 0 aliphatic carbocycles. The number of ether oxygens (including phenoxy) is 1. The van der Waals surface area contributed by atoms with E-state index in [9.17, 15) is 13.0 Å². The molecule has 1 aromatic carbocycles. The SMILES string of the molecule is CC(C)(C)[S@@](=O)N=C1CCOc2cc(F)cc(F)c21. The molecule has 0 radical (unpaired) electrons. The summed E-state index contributed by atoms with van der Waals surface area (Å²) in [5.41, 5.74) is 0.484. The van der Waals surface area contributed by atoms with Gasteiger partial charge in [-0.3, -0.25) is 0 Å². The minimum absolute atomic E-state index is 0.116. The van der Waals surface area contributed by atoms with Crippen molar-refractivity contribution in [3.05, 3.63) is 29.3 Å². The molecule has 0 saturated heterocycles. The fourth-order valence-corrected chi connectivity index (χ4v) is 2.31. The average Bonchev–Trinajstić information content (AvgIpc) is 2.26. The van der Waals surface area contributed by atoms with Gasteiger partial charge in [-0.05, 0) is 20.8 Å². The summed E-state index contributed by atoms with van der Waals surface area (Å²) in [5, 5.41) is 0. The molecule has 0 bridgehead atoms. The van der Waals surface area contributed by atoms with Gasteiger partial charge in [0.05, 0.1) is 22.6 Å². The van der Waals surface area contributed by atoms with Gasteiger partial charge in [0.15, 0.2) is 0 Å². The lowest BCUT2D eigenvalue weighted by Gasteiger charge is -2.21. The molecular weight excluding hydrogens is 272 g/mol. The van der Waals surface area contributed by atoms with E-state index in [1.54, 1.807) is 20.8 Å². The normalized spacial score (nSPS) is 18.9. The summed E-state index contributed by atoms with van der Waals surface area (Å²) in [6.07, 6.45) is 0.359. The zero-order valence-electron chi connectivity index (χ0n) is 11.0. The minimum atomic E-state index is -1.48. The third kappa shape index (κ3) is 3.00. The zero-order valence-corrected chi connectivity index (χ0v) is 11.8. The van der Waals surface area contributed by atoms with Crippen LogP contribution < -0.4 is 4.74 Å². The maximum Gasteiger partial charge on any atom is 0.145 e. The van der Waals surface area contributed by atoms with Crippen LogP contribution in [0.15, 0.2) is 16.5 Å². The summed E-state index contributed by atoms with van der Waals surface area (Å²) in [5.74, 6) is -1.32. The maximum atomic E-state index is 13.8. The molecular formula is C13H15F2NO2S. The Morgan fingerprint density at radius 2 is 2.00 bits per heavy atom. The van der Waals surface area contributed by atoms with Crippen LogP contribution in [-0.2, 0) is 11.0 Å². The number of benzene rings is 1. The number of halogens is 2. The van der Waals surface area contributed by atoms with Gasteiger partial charge in [0, 0.05) is 18.6 Å². The van der Waals surface area contributed by atoms with E-state index in [2.05, 4.69) is 4.40 Å². The number of fused-ring (bicyclic) bond motifs is 1. The first-order valence-electron chi connectivity index (χ1n) is 5.91. The molecule has 1 aliphatic heterocycles. The lowest BCUT2D eigenvalue weighted by molar-refractivity contribution is 0.315. The highest BCUT2D eigenvalue weighted by Crippen LogP contribution is 2.29. The largest absolute Gasteiger partial charge is 0.492 e. The lowest BCUT2D eigenvalue weighted by Crippen LogP contribution is -2.24. The van der Waals surface area contributed by atoms with Gasteiger partial charge in [-0.2, -0.15) is 4.40 Å². The number of nitrogens with zero attached hydrogens (tertiary/aromatic N) is 1. The van der Waals surface area contributed by atoms with Crippen LogP contribution in [0, 0.1) is 11.6 Å². The molecule has 1 heterocycles. The minimum Gasteiger partial charge on any atom is -0.492 e. The summed E-state index contributed by atoms with van der Waals surface area (Å²) < 4.78 is 47.7. The first kappa shape index (κ1) is 14.1. The third-order valence-electron chi connectivity index (χ3n) is 2.62. The number of hydrogen-bond donors (Lipinski definition) is 0. The second-order valence-electron chi connectivity index (χ2n) is 5.26. The van der Waals surface area contributed by atoms with Crippen LogP contribution in [0.3, 0.4) is 0 Å². The Morgan fingerprint density at radius 3 is 2.63 bits per heavy atom. The Balaban J connectivity index is 2.49. The van der Waals surface area contributed by atoms with E-state index in [1.807, 2.05) is 0 Å². The molecule has 0 N–H and O–H groups in total. The molecule has 1 atom stereocenters. The van der Waals surface area contributed by atoms with E-state index >= 15 is 0 Å². The van der Waals surface area contributed by atoms with Crippen LogP contribution in [0.5, 0.6) is 5.75 Å². The summed E-state index contributed by atoms with van der Waals surface area (Å²) >= 11 is 0. The van der Waals surface area contributed by atoms with E-state index in [-0.39, 0.29) is 17.9 Å². The van der Waals surface area contributed by atoms with Gasteiger partial charge in [0.25, 0.3) is 0 Å². The van der Waals surface area contributed by atoms with E-state index in [4.69, 9.17) is 4.74 Å². The molecule has 104 valence electrons. The van der Waals surface area contributed by atoms with Gasteiger partial charge in [0.2, 0.25) is 0 Å². The highest BCUT2D eigenvalue weighted by atomic mass is 32.2. The Hall–Kier alpha value is -1.30. The van der Waals surface area contributed by atoms with Gasteiger partial charge in [-0.1, -0.05) is 0 Å². The van der Waals surface area contributed by atoms with Gasteiger partial charge in [0.1, 0.15) is 28.4 Å². The van der Waals surface area contributed by atoms with Crippen LogP contribution in [0.25, 0.3) is 0 Å². The van der Waals surface area contributed by atoms with Crippen LogP contribution in [0.2, 0.25) is 0 Å². The van der Waals surface area contributed by atoms with Crippen molar-refractivity contribution >= 4 is 16.7 Å². The van der Waals surface area contributed by atoms with Crippen molar-refractivity contribution in [3.63, 3.8) is 0 Å². The smallest absolute Gasteiger partial charge is 0.145 e. The highest BCUT2D eigenvalue weighted by molar-refractivity contribution is 7.85. The molecule has 0 amide bonds. The molecule has 0 unspecified atom stereocenters. The van der Waals surface area contributed by atoms with Gasteiger partial charge < -0.3 is 4.74 Å². The predicted octanol–water partition coefficient (Wildman–Crippen LogP) is 3.00. The van der Waals surface area contributed by atoms with Crippen molar-refractivity contribution in [1.29, 1.82) is 0 Å². The molecule has 0 fully saturated rings. The maximum absolute atomic E-state index is 13.8. The quantitative estimate of drug-likeness (QED) is 0.796. The predicted molar refractivity (Wildman–Crippen MR) is 70.9 cm³/mol. The van der Waals surface area contributed by atoms with Gasteiger partial charge in [-0.25, -0.2) is 13.0 Å². The highest BCUT2D eigenvalue weighted by Gasteiger charge is 2.26. The van der Waals surface area contributed by atoms with Crippen molar-refractivity contribution in [3.8, 4) is 5.75 Å². The topological polar surface area (TPSA) is 38.7 Å².